The van der Waals surface area contributed by atoms with Crippen LogP contribution in [0, 0.1) is 0 Å². The number of rotatable bonds is 0. The van der Waals surface area contributed by atoms with Crippen LogP contribution in [-0.2, 0) is 0 Å². The Morgan fingerprint density at radius 3 is 1.60 bits per heavy atom. The van der Waals surface area contributed by atoms with Gasteiger partial charge in [0.15, 0.2) is 0 Å². The van der Waals surface area contributed by atoms with E-state index in [2.05, 4.69) is 0 Å². The molecule has 0 unspecified atom stereocenters. The van der Waals surface area contributed by atoms with Crippen LogP contribution in [0.4, 0.5) is 0 Å². The van der Waals surface area contributed by atoms with Gasteiger partial charge >= 0.3 is 40.2 Å². The van der Waals surface area contributed by atoms with Crippen LogP contribution < -0.4 is 0 Å². The molecule has 0 spiro atoms. The Kier molecular flexibility index (Phi) is 1.93. The molecular weight excluding hydrogens is 130 g/mol. The second-order valence-electron chi connectivity index (χ2n) is 0.842. The van der Waals surface area contributed by atoms with Crippen molar-refractivity contribution in [2.45, 2.75) is 0 Å². The van der Waals surface area contributed by atoms with Crippen LogP contribution in [0.3, 0.4) is 0 Å². The van der Waals surface area contributed by atoms with Gasteiger partial charge in [-0.3, -0.25) is 0 Å². The molecule has 0 aliphatic rings. The van der Waals surface area contributed by atoms with Crippen molar-refractivity contribution in [3.63, 3.8) is 0 Å². The van der Waals surface area contributed by atoms with Gasteiger partial charge in [0.25, 0.3) is 0 Å². The topological polar surface area (TPSA) is 20.2 Å². The molecule has 4 heteroatoms. The third-order valence-electron chi connectivity index (χ3n) is 0. The Labute approximate surface area is 40.9 Å². The summed E-state index contributed by atoms with van der Waals surface area (Å²) in [5, 5.41) is 0. The van der Waals surface area contributed by atoms with Gasteiger partial charge in [-0.25, -0.2) is 0 Å². The first-order valence-electron chi connectivity index (χ1n) is 1.10. The fourth-order valence-corrected chi connectivity index (χ4v) is 0. The van der Waals surface area contributed by atoms with E-state index in [9.17, 15) is 0 Å². The van der Waals surface area contributed by atoms with Gasteiger partial charge in [-0.15, -0.1) is 0 Å². The molecule has 0 aromatic heterocycles. The molecular formula is CH5Cl2OP. The fourth-order valence-electron chi connectivity index (χ4n) is 0. The van der Waals surface area contributed by atoms with Crippen molar-refractivity contribution in [1.82, 2.24) is 0 Å². The van der Waals surface area contributed by atoms with E-state index in [0.29, 0.717) is 0 Å². The first-order valence-corrected chi connectivity index (χ1v) is 5.57. The van der Waals surface area contributed by atoms with Gasteiger partial charge in [-0.1, -0.05) is 0 Å². The van der Waals surface area contributed by atoms with Gasteiger partial charge in [0, 0.05) is 0 Å². The molecule has 1 nitrogen and oxygen atoms in total. The van der Waals surface area contributed by atoms with E-state index in [1.54, 1.807) is 0 Å². The fraction of sp³-hybridized carbons (Fsp3) is 1.00. The quantitative estimate of drug-likeness (QED) is 0.500. The van der Waals surface area contributed by atoms with E-state index in [1.165, 1.54) is 6.66 Å². The predicted molar refractivity (Wildman–Crippen MR) is 28.2 cm³/mol. The molecule has 0 aliphatic heterocycles. The number of halogens is 2. The summed E-state index contributed by atoms with van der Waals surface area (Å²) < 4.78 is 0. The van der Waals surface area contributed by atoms with E-state index in [1.807, 2.05) is 0 Å². The average molecular weight is 135 g/mol. The van der Waals surface area contributed by atoms with Crippen LogP contribution in [0.25, 0.3) is 0 Å². The summed E-state index contributed by atoms with van der Waals surface area (Å²) in [5.41, 5.74) is 0. The first kappa shape index (κ1) is 5.97. The van der Waals surface area contributed by atoms with E-state index in [-0.39, 0.29) is 0 Å². The van der Waals surface area contributed by atoms with Crippen molar-refractivity contribution in [1.29, 1.82) is 0 Å². The number of hydrogen-bond acceptors (Lipinski definition) is 1. The number of hydrogen-bond donors (Lipinski definition) is 1. The SMILES string of the molecule is C[PH](O)(Cl)Cl. The molecule has 0 aliphatic carbocycles. The zero-order valence-electron chi connectivity index (χ0n) is 2.70. The molecule has 0 bridgehead atoms. The molecule has 0 aromatic rings. The Morgan fingerprint density at radius 1 is 1.60 bits per heavy atom. The Bertz CT molecular complexity index is 25.1. The molecule has 0 saturated carbocycles. The van der Waals surface area contributed by atoms with Crippen molar-refractivity contribution >= 4 is 28.7 Å². The van der Waals surface area contributed by atoms with Crippen molar-refractivity contribution in [3.05, 3.63) is 0 Å². The third kappa shape index (κ3) is 46.6. The van der Waals surface area contributed by atoms with Gasteiger partial charge in [0.05, 0.1) is 0 Å². The Morgan fingerprint density at radius 2 is 1.60 bits per heavy atom. The average Bonchev–Trinajstić information content (AvgIpc) is 0.722. The van der Waals surface area contributed by atoms with Crippen LogP contribution in [0.1, 0.15) is 0 Å². The predicted octanol–water partition coefficient (Wildman–Crippen LogP) is 1.58. The van der Waals surface area contributed by atoms with E-state index in [4.69, 9.17) is 27.4 Å². The van der Waals surface area contributed by atoms with Crippen molar-refractivity contribution in [3.8, 4) is 0 Å². The minimum atomic E-state index is -2.67. The Hall–Kier alpha value is 0.970. The molecule has 34 valence electrons. The monoisotopic (exact) mass is 134 g/mol. The molecule has 0 rings (SSSR count). The molecule has 0 saturated heterocycles. The summed E-state index contributed by atoms with van der Waals surface area (Å²) in [5.74, 6) is 0. The second-order valence-corrected chi connectivity index (χ2v) is 7.52. The third-order valence-corrected chi connectivity index (χ3v) is 0. The summed E-state index contributed by atoms with van der Waals surface area (Å²) >= 11 is 9.98. The maximum atomic E-state index is 8.19. The molecule has 0 heterocycles. The summed E-state index contributed by atoms with van der Waals surface area (Å²) in [6.45, 7) is 1.41. The van der Waals surface area contributed by atoms with E-state index < -0.39 is 6.19 Å². The first-order chi connectivity index (χ1) is 2.00. The molecule has 5 heavy (non-hydrogen) atoms. The van der Waals surface area contributed by atoms with Crippen LogP contribution >= 0.6 is 28.7 Å². The zero-order valence-corrected chi connectivity index (χ0v) is 5.22. The van der Waals surface area contributed by atoms with Gasteiger partial charge < -0.3 is 0 Å². The maximum absolute atomic E-state index is 8.19. The summed E-state index contributed by atoms with van der Waals surface area (Å²) in [6.07, 6.45) is -2.67. The minimum absolute atomic E-state index is 1.41. The summed E-state index contributed by atoms with van der Waals surface area (Å²) in [7, 11) is 0. The van der Waals surface area contributed by atoms with Crippen molar-refractivity contribution < 1.29 is 4.89 Å². The van der Waals surface area contributed by atoms with Crippen LogP contribution in [-0.4, -0.2) is 11.6 Å². The van der Waals surface area contributed by atoms with Gasteiger partial charge in [0.1, 0.15) is 0 Å². The summed E-state index contributed by atoms with van der Waals surface area (Å²) in [4.78, 5) is 8.19. The van der Waals surface area contributed by atoms with Gasteiger partial charge in [-0.05, 0) is 0 Å². The van der Waals surface area contributed by atoms with Crippen molar-refractivity contribution in [2.24, 2.45) is 0 Å². The zero-order chi connectivity index (χ0) is 4.50. The molecule has 0 fully saturated rings. The van der Waals surface area contributed by atoms with Crippen LogP contribution in [0.5, 0.6) is 0 Å². The molecule has 1 N–H and O–H groups in total. The van der Waals surface area contributed by atoms with E-state index >= 15 is 0 Å². The Balaban J connectivity index is 3.02. The van der Waals surface area contributed by atoms with Crippen molar-refractivity contribution in [2.75, 3.05) is 6.66 Å². The molecule has 0 radical (unpaired) electrons. The summed E-state index contributed by atoms with van der Waals surface area (Å²) in [6, 6.07) is 0. The molecule has 0 amide bonds. The standard InChI is InChI=1S/CH5Cl2OP/c1-5(2,3)4/h4-5H,1H3. The molecule has 0 aromatic carbocycles. The van der Waals surface area contributed by atoms with Gasteiger partial charge in [0.2, 0.25) is 0 Å². The van der Waals surface area contributed by atoms with Crippen LogP contribution in [0.2, 0.25) is 0 Å². The van der Waals surface area contributed by atoms with Gasteiger partial charge in [-0.2, -0.15) is 0 Å². The normalized spacial score (nSPS) is 15.2. The second kappa shape index (κ2) is 1.61. The molecule has 0 atom stereocenters. The van der Waals surface area contributed by atoms with E-state index in [0.717, 1.165) is 0 Å². The van der Waals surface area contributed by atoms with Crippen LogP contribution in [0.15, 0.2) is 0 Å².